The van der Waals surface area contributed by atoms with E-state index in [1.807, 2.05) is 30.2 Å². The number of aryl methyl sites for hydroxylation is 2. The lowest BCUT2D eigenvalue weighted by molar-refractivity contribution is -0.132. The summed E-state index contributed by atoms with van der Waals surface area (Å²) >= 11 is 1.69. The molecule has 3 atom stereocenters. The van der Waals surface area contributed by atoms with Gasteiger partial charge in [-0.3, -0.25) is 9.59 Å². The minimum Gasteiger partial charge on any atom is -0.352 e. The molecule has 4 nitrogen and oxygen atoms in total. The molecule has 5 heteroatoms. The number of carbonyl (C=O) groups is 2. The third kappa shape index (κ3) is 4.87. The molecule has 3 unspecified atom stereocenters. The van der Waals surface area contributed by atoms with E-state index in [4.69, 9.17) is 0 Å². The Hall–Kier alpha value is -2.53. The van der Waals surface area contributed by atoms with Crippen molar-refractivity contribution >= 4 is 29.7 Å². The number of likely N-dealkylation sites (N-methyl/N-ethyl adjacent to an activating group) is 1. The second-order valence-electron chi connectivity index (χ2n) is 8.72. The van der Waals surface area contributed by atoms with Gasteiger partial charge in [-0.1, -0.05) is 54.1 Å². The van der Waals surface area contributed by atoms with Gasteiger partial charge in [0.25, 0.3) is 5.91 Å². The minimum atomic E-state index is -0.0376. The predicted octanol–water partition coefficient (Wildman–Crippen LogP) is 4.70. The van der Waals surface area contributed by atoms with Crippen molar-refractivity contribution in [1.82, 2.24) is 10.2 Å². The van der Waals surface area contributed by atoms with Crippen LogP contribution in [0.4, 0.5) is 0 Å². The highest BCUT2D eigenvalue weighted by Gasteiger charge is 2.42. The fourth-order valence-electron chi connectivity index (χ4n) is 4.47. The molecule has 1 N–H and O–H groups in total. The molecule has 31 heavy (non-hydrogen) atoms. The summed E-state index contributed by atoms with van der Waals surface area (Å²) in [5, 5.41) is 3.44. The van der Waals surface area contributed by atoms with Gasteiger partial charge in [-0.2, -0.15) is 0 Å². The zero-order valence-electron chi connectivity index (χ0n) is 18.4. The van der Waals surface area contributed by atoms with Gasteiger partial charge in [0.1, 0.15) is 0 Å². The van der Waals surface area contributed by atoms with Gasteiger partial charge in [0, 0.05) is 30.8 Å². The molecule has 2 aromatic carbocycles. The van der Waals surface area contributed by atoms with Gasteiger partial charge in [-0.15, -0.1) is 11.8 Å². The van der Waals surface area contributed by atoms with Gasteiger partial charge in [-0.05, 0) is 55.9 Å². The van der Waals surface area contributed by atoms with Gasteiger partial charge in [-0.25, -0.2) is 0 Å². The fraction of sp³-hybridized carbons (Fsp3) is 0.385. The monoisotopic (exact) mass is 434 g/mol. The first-order valence-corrected chi connectivity index (χ1v) is 11.8. The molecule has 0 spiro atoms. The van der Waals surface area contributed by atoms with Crippen LogP contribution in [0.15, 0.2) is 53.4 Å². The Morgan fingerprint density at radius 3 is 2.61 bits per heavy atom. The van der Waals surface area contributed by atoms with Crippen LogP contribution in [0.2, 0.25) is 0 Å². The zero-order chi connectivity index (χ0) is 22.0. The summed E-state index contributed by atoms with van der Waals surface area (Å²) in [6.07, 6.45) is 4.57. The van der Waals surface area contributed by atoms with Crippen molar-refractivity contribution in [3.8, 4) is 0 Å². The summed E-state index contributed by atoms with van der Waals surface area (Å²) in [6.45, 7) is 4.68. The summed E-state index contributed by atoms with van der Waals surface area (Å²) in [5.41, 5.74) is 4.59. The molecular weight excluding hydrogens is 404 g/mol. The topological polar surface area (TPSA) is 49.4 Å². The first-order chi connectivity index (χ1) is 14.9. The largest absolute Gasteiger partial charge is 0.352 e. The first-order valence-electron chi connectivity index (χ1n) is 11.0. The number of nitrogens with one attached hydrogen (secondary N) is 1. The van der Waals surface area contributed by atoms with Crippen molar-refractivity contribution in [2.24, 2.45) is 5.92 Å². The molecule has 1 heterocycles. The van der Waals surface area contributed by atoms with Crippen molar-refractivity contribution in [2.45, 2.75) is 50.9 Å². The number of thioether (sulfide) groups is 1. The molecule has 2 aliphatic rings. The number of amides is 2. The fourth-order valence-corrected chi connectivity index (χ4v) is 5.94. The molecule has 1 aliphatic heterocycles. The van der Waals surface area contributed by atoms with E-state index in [2.05, 4.69) is 55.6 Å². The average molecular weight is 435 g/mol. The van der Waals surface area contributed by atoms with Crippen LogP contribution in [0.3, 0.4) is 0 Å². The maximum absolute atomic E-state index is 13.0. The smallest absolute Gasteiger partial charge is 0.260 e. The summed E-state index contributed by atoms with van der Waals surface area (Å²) < 4.78 is 0. The van der Waals surface area contributed by atoms with E-state index >= 15 is 0 Å². The predicted molar refractivity (Wildman–Crippen MR) is 127 cm³/mol. The molecule has 2 fully saturated rings. The Balaban J connectivity index is 1.40. The van der Waals surface area contributed by atoms with E-state index in [9.17, 15) is 9.59 Å². The molecule has 1 aliphatic carbocycles. The molecule has 0 bridgehead atoms. The number of nitrogens with zero attached hydrogens (tertiary/aromatic N) is 1. The van der Waals surface area contributed by atoms with Gasteiger partial charge in [0.15, 0.2) is 0 Å². The highest BCUT2D eigenvalue weighted by atomic mass is 32.2. The molecule has 0 radical (unpaired) electrons. The SMILES string of the molecule is Cc1ccc(CNC(=O)C2CCC3S/C(=C\c4ccccc4C)C(=O)N(C)C3C2)cc1. The zero-order valence-corrected chi connectivity index (χ0v) is 19.2. The Labute approximate surface area is 189 Å². The van der Waals surface area contributed by atoms with E-state index in [1.54, 1.807) is 11.8 Å². The Bertz CT molecular complexity index is 999. The second-order valence-corrected chi connectivity index (χ2v) is 10.00. The normalized spacial score (nSPS) is 24.7. The van der Waals surface area contributed by atoms with E-state index in [-0.39, 0.29) is 23.8 Å². The van der Waals surface area contributed by atoms with Crippen molar-refractivity contribution in [1.29, 1.82) is 0 Å². The third-order valence-electron chi connectivity index (χ3n) is 6.49. The molecule has 2 amide bonds. The lowest BCUT2D eigenvalue weighted by Gasteiger charge is -2.44. The maximum atomic E-state index is 13.0. The summed E-state index contributed by atoms with van der Waals surface area (Å²) in [5.74, 6) is 0.130. The Morgan fingerprint density at radius 1 is 1.13 bits per heavy atom. The maximum Gasteiger partial charge on any atom is 0.260 e. The number of rotatable bonds is 4. The van der Waals surface area contributed by atoms with Crippen LogP contribution >= 0.6 is 11.8 Å². The van der Waals surface area contributed by atoms with Crippen molar-refractivity contribution in [3.63, 3.8) is 0 Å². The van der Waals surface area contributed by atoms with Crippen molar-refractivity contribution in [2.75, 3.05) is 7.05 Å². The molecule has 2 aromatic rings. The molecule has 1 saturated carbocycles. The summed E-state index contributed by atoms with van der Waals surface area (Å²) in [7, 11) is 1.89. The van der Waals surface area contributed by atoms with E-state index in [1.165, 1.54) is 11.1 Å². The number of hydrogen-bond acceptors (Lipinski definition) is 3. The number of carbonyl (C=O) groups excluding carboxylic acids is 2. The highest BCUT2D eigenvalue weighted by molar-refractivity contribution is 8.04. The second kappa shape index (κ2) is 9.31. The molecule has 162 valence electrons. The van der Waals surface area contributed by atoms with Crippen LogP contribution in [0, 0.1) is 19.8 Å². The Kier molecular flexibility index (Phi) is 6.51. The van der Waals surface area contributed by atoms with E-state index in [0.717, 1.165) is 35.3 Å². The number of hydrogen-bond donors (Lipinski definition) is 1. The van der Waals surface area contributed by atoms with E-state index in [0.29, 0.717) is 11.8 Å². The lowest BCUT2D eigenvalue weighted by atomic mass is 9.83. The van der Waals surface area contributed by atoms with Gasteiger partial charge < -0.3 is 10.2 Å². The minimum absolute atomic E-state index is 0.0376. The number of benzene rings is 2. The van der Waals surface area contributed by atoms with Crippen LogP contribution in [0.25, 0.3) is 6.08 Å². The third-order valence-corrected chi connectivity index (χ3v) is 7.89. The Morgan fingerprint density at radius 2 is 1.87 bits per heavy atom. The molecule has 0 aromatic heterocycles. The summed E-state index contributed by atoms with van der Waals surface area (Å²) in [6, 6.07) is 16.5. The first kappa shape index (κ1) is 21.7. The van der Waals surface area contributed by atoms with Gasteiger partial charge in [0.2, 0.25) is 5.91 Å². The molecular formula is C26H30N2O2S. The number of fused-ring (bicyclic) bond motifs is 1. The van der Waals surface area contributed by atoms with Crippen LogP contribution in [-0.2, 0) is 16.1 Å². The average Bonchev–Trinajstić information content (AvgIpc) is 2.78. The van der Waals surface area contributed by atoms with Crippen LogP contribution in [0.1, 0.15) is 41.5 Å². The standard InChI is InChI=1S/C26H30N2O2S/c1-17-8-10-19(11-9-17)16-27-25(29)21-12-13-23-22(14-21)28(3)26(30)24(31-23)15-20-7-5-4-6-18(20)2/h4-11,15,21-23H,12-14,16H2,1-3H3,(H,27,29)/b24-15-. The lowest BCUT2D eigenvalue weighted by Crippen LogP contribution is -2.52. The molecule has 1 saturated heterocycles. The molecule has 4 rings (SSSR count). The quantitative estimate of drug-likeness (QED) is 0.710. The van der Waals surface area contributed by atoms with Crippen LogP contribution in [0.5, 0.6) is 0 Å². The van der Waals surface area contributed by atoms with Crippen molar-refractivity contribution < 1.29 is 9.59 Å². The van der Waals surface area contributed by atoms with Crippen LogP contribution in [-0.4, -0.2) is 35.1 Å². The van der Waals surface area contributed by atoms with Gasteiger partial charge >= 0.3 is 0 Å². The van der Waals surface area contributed by atoms with Crippen LogP contribution < -0.4 is 5.32 Å². The van der Waals surface area contributed by atoms with Gasteiger partial charge in [0.05, 0.1) is 4.91 Å². The van der Waals surface area contributed by atoms with E-state index < -0.39 is 0 Å². The van der Waals surface area contributed by atoms with Crippen molar-refractivity contribution in [3.05, 3.63) is 75.7 Å². The highest BCUT2D eigenvalue weighted by Crippen LogP contribution is 2.43. The summed E-state index contributed by atoms with van der Waals surface area (Å²) in [4.78, 5) is 28.5.